The maximum Gasteiger partial charge on any atom is 0.265 e. The minimum absolute atomic E-state index is 0.0464. The van der Waals surface area contributed by atoms with Gasteiger partial charge in [0.1, 0.15) is 10.6 Å². The minimum Gasteiger partial charge on any atom is -0.493 e. The van der Waals surface area contributed by atoms with E-state index in [4.69, 9.17) is 16.3 Å². The van der Waals surface area contributed by atoms with E-state index in [1.54, 1.807) is 18.2 Å². The lowest BCUT2D eigenvalue weighted by Crippen LogP contribution is -2.34. The van der Waals surface area contributed by atoms with Gasteiger partial charge in [0.25, 0.3) is 11.8 Å². The molecule has 1 N–H and O–H groups in total. The van der Waals surface area contributed by atoms with E-state index in [-0.39, 0.29) is 11.8 Å². The number of benzene rings is 1. The van der Waals surface area contributed by atoms with Gasteiger partial charge in [-0.15, -0.1) is 11.3 Å². The highest BCUT2D eigenvalue weighted by molar-refractivity contribution is 7.13. The van der Waals surface area contributed by atoms with Crippen molar-refractivity contribution in [1.82, 2.24) is 15.2 Å². The smallest absolute Gasteiger partial charge is 0.265 e. The molecule has 156 valence electrons. The molecule has 0 atom stereocenters. The van der Waals surface area contributed by atoms with Crippen molar-refractivity contribution in [1.29, 1.82) is 0 Å². The number of fused-ring (bicyclic) bond motifs is 1. The maximum absolute atomic E-state index is 13.0. The number of hydrogen-bond acceptors (Lipinski definition) is 5. The topological polar surface area (TPSA) is 71.5 Å². The average molecular weight is 436 g/mol. The lowest BCUT2D eigenvalue weighted by molar-refractivity contribution is 0.0749. The van der Waals surface area contributed by atoms with Crippen LogP contribution in [0, 0.1) is 13.8 Å². The van der Waals surface area contributed by atoms with E-state index >= 15 is 0 Å². The fourth-order valence-corrected chi connectivity index (χ4v) is 4.37. The molecule has 0 radical (unpaired) electrons. The molecule has 0 saturated heterocycles. The van der Waals surface area contributed by atoms with Crippen LogP contribution in [0.1, 0.15) is 56.4 Å². The molecular formula is C21H26ClN3O3S. The molecule has 0 bridgehead atoms. The van der Waals surface area contributed by atoms with E-state index in [1.807, 2.05) is 18.7 Å². The summed E-state index contributed by atoms with van der Waals surface area (Å²) in [6, 6.07) is 5.09. The standard InChI is InChI=1S/C21H26ClN3O3S/c1-14-19(29-15(2)24-14)21(27)25-10-4-3-9-23-20(26)17-13-16(22)7-8-18(17)28-12-6-5-11-25/h7-8,13H,3-6,9-12H2,1-2H3,(H,23,26). The van der Waals surface area contributed by atoms with Crippen LogP contribution in [0.25, 0.3) is 0 Å². The molecule has 0 fully saturated rings. The van der Waals surface area contributed by atoms with Crippen LogP contribution in [0.2, 0.25) is 5.02 Å². The van der Waals surface area contributed by atoms with E-state index in [2.05, 4.69) is 10.3 Å². The van der Waals surface area contributed by atoms with Crippen molar-refractivity contribution in [2.45, 2.75) is 39.5 Å². The summed E-state index contributed by atoms with van der Waals surface area (Å²) in [7, 11) is 0. The maximum atomic E-state index is 13.0. The number of rotatable bonds is 1. The van der Waals surface area contributed by atoms with Crippen molar-refractivity contribution in [3.8, 4) is 5.75 Å². The molecule has 1 aliphatic heterocycles. The number of carbonyl (C=O) groups excluding carboxylic acids is 2. The first-order valence-electron chi connectivity index (χ1n) is 9.89. The Labute approximate surface area is 180 Å². The van der Waals surface area contributed by atoms with Crippen molar-refractivity contribution >= 4 is 34.8 Å². The highest BCUT2D eigenvalue weighted by atomic mass is 35.5. The number of aryl methyl sites for hydroxylation is 2. The van der Waals surface area contributed by atoms with Gasteiger partial charge in [-0.1, -0.05) is 11.6 Å². The largest absolute Gasteiger partial charge is 0.493 e. The fourth-order valence-electron chi connectivity index (χ4n) is 3.31. The summed E-state index contributed by atoms with van der Waals surface area (Å²) in [6.07, 6.45) is 3.22. The number of halogens is 1. The Morgan fingerprint density at radius 1 is 1.21 bits per heavy atom. The highest BCUT2D eigenvalue weighted by Gasteiger charge is 2.21. The summed E-state index contributed by atoms with van der Waals surface area (Å²) < 4.78 is 5.83. The lowest BCUT2D eigenvalue weighted by atomic mass is 10.1. The number of amides is 2. The minimum atomic E-state index is -0.191. The quantitative estimate of drug-likeness (QED) is 0.727. The van der Waals surface area contributed by atoms with Gasteiger partial charge in [0.15, 0.2) is 0 Å². The van der Waals surface area contributed by atoms with Gasteiger partial charge in [-0.2, -0.15) is 0 Å². The molecule has 6 nitrogen and oxygen atoms in total. The lowest BCUT2D eigenvalue weighted by Gasteiger charge is -2.23. The van der Waals surface area contributed by atoms with Gasteiger partial charge in [-0.05, 0) is 57.7 Å². The van der Waals surface area contributed by atoms with Crippen LogP contribution in [0.5, 0.6) is 5.75 Å². The predicted molar refractivity (Wildman–Crippen MR) is 115 cm³/mol. The summed E-state index contributed by atoms with van der Waals surface area (Å²) >= 11 is 7.50. The van der Waals surface area contributed by atoms with Crippen LogP contribution in [-0.4, -0.2) is 47.9 Å². The first kappa shape index (κ1) is 21.6. The molecule has 2 aromatic rings. The van der Waals surface area contributed by atoms with Crippen molar-refractivity contribution in [2.75, 3.05) is 26.2 Å². The average Bonchev–Trinajstić information content (AvgIpc) is 3.03. The molecule has 1 aliphatic rings. The monoisotopic (exact) mass is 435 g/mol. The zero-order valence-electron chi connectivity index (χ0n) is 16.8. The van der Waals surface area contributed by atoms with Gasteiger partial charge in [0.05, 0.1) is 22.9 Å². The predicted octanol–water partition coefficient (Wildman–Crippen LogP) is 4.24. The molecule has 2 amide bonds. The number of nitrogens with zero attached hydrogens (tertiary/aromatic N) is 2. The van der Waals surface area contributed by atoms with Crippen LogP contribution < -0.4 is 10.1 Å². The first-order chi connectivity index (χ1) is 14.0. The fraction of sp³-hybridized carbons (Fsp3) is 0.476. The summed E-state index contributed by atoms with van der Waals surface area (Å²) in [5.41, 5.74) is 1.25. The number of carbonyl (C=O) groups is 2. The Morgan fingerprint density at radius 3 is 2.69 bits per heavy atom. The Morgan fingerprint density at radius 2 is 1.97 bits per heavy atom. The Balaban J connectivity index is 1.69. The molecule has 29 heavy (non-hydrogen) atoms. The summed E-state index contributed by atoms with van der Waals surface area (Å²) in [5, 5.41) is 4.33. The zero-order valence-corrected chi connectivity index (χ0v) is 18.4. The van der Waals surface area contributed by atoms with Crippen LogP contribution in [0.3, 0.4) is 0 Å². The number of nitrogens with one attached hydrogen (secondary N) is 1. The van der Waals surface area contributed by atoms with Crippen LogP contribution in [-0.2, 0) is 0 Å². The second-order valence-corrected chi connectivity index (χ2v) is 8.74. The van der Waals surface area contributed by atoms with Crippen LogP contribution in [0.15, 0.2) is 18.2 Å². The SMILES string of the molecule is Cc1nc(C)c(C(=O)N2CCCCNC(=O)c3cc(Cl)ccc3OCCCC2)s1. The Bertz CT molecular complexity index is 884. The number of thiazole rings is 1. The normalized spacial score (nSPS) is 16.4. The van der Waals surface area contributed by atoms with E-state index < -0.39 is 0 Å². The third kappa shape index (κ3) is 5.70. The molecule has 3 rings (SSSR count). The molecular weight excluding hydrogens is 410 g/mol. The molecule has 1 aromatic heterocycles. The van der Waals surface area contributed by atoms with Gasteiger partial charge in [-0.25, -0.2) is 4.98 Å². The Kier molecular flexibility index (Phi) is 7.50. The first-order valence-corrected chi connectivity index (χ1v) is 11.1. The van der Waals surface area contributed by atoms with Gasteiger partial charge in [-0.3, -0.25) is 9.59 Å². The number of aromatic nitrogens is 1. The second kappa shape index (κ2) is 10.1. The van der Waals surface area contributed by atoms with Gasteiger partial charge >= 0.3 is 0 Å². The van der Waals surface area contributed by atoms with Crippen molar-refractivity contribution in [3.63, 3.8) is 0 Å². The molecule has 0 aliphatic carbocycles. The summed E-state index contributed by atoms with van der Waals surface area (Å²) in [5.74, 6) is 0.390. The van der Waals surface area contributed by atoms with Crippen molar-refractivity contribution < 1.29 is 14.3 Å². The third-order valence-electron chi connectivity index (χ3n) is 4.79. The van der Waals surface area contributed by atoms with Crippen LogP contribution >= 0.6 is 22.9 Å². The second-order valence-electron chi connectivity index (χ2n) is 7.10. The summed E-state index contributed by atoms with van der Waals surface area (Å²) in [6.45, 7) is 6.15. The Hall–Kier alpha value is -2.12. The van der Waals surface area contributed by atoms with Gasteiger partial charge < -0.3 is 15.0 Å². The molecule has 1 aromatic carbocycles. The van der Waals surface area contributed by atoms with E-state index in [0.29, 0.717) is 42.6 Å². The van der Waals surface area contributed by atoms with E-state index in [9.17, 15) is 9.59 Å². The van der Waals surface area contributed by atoms with Crippen molar-refractivity contribution in [2.24, 2.45) is 0 Å². The zero-order chi connectivity index (χ0) is 20.8. The molecule has 0 saturated carbocycles. The molecule has 0 spiro atoms. The van der Waals surface area contributed by atoms with Gasteiger partial charge in [0, 0.05) is 24.7 Å². The van der Waals surface area contributed by atoms with E-state index in [0.717, 1.165) is 41.3 Å². The molecule has 2 heterocycles. The van der Waals surface area contributed by atoms with Crippen LogP contribution in [0.4, 0.5) is 0 Å². The number of ether oxygens (including phenoxy) is 1. The van der Waals surface area contributed by atoms with E-state index in [1.165, 1.54) is 11.3 Å². The highest BCUT2D eigenvalue weighted by Crippen LogP contribution is 2.24. The number of hydrogen-bond donors (Lipinski definition) is 1. The molecule has 0 unspecified atom stereocenters. The molecule has 8 heteroatoms. The third-order valence-corrected chi connectivity index (χ3v) is 6.09. The summed E-state index contributed by atoms with van der Waals surface area (Å²) in [4.78, 5) is 32.5. The van der Waals surface area contributed by atoms with Gasteiger partial charge in [0.2, 0.25) is 0 Å². The van der Waals surface area contributed by atoms with Crippen molar-refractivity contribution in [3.05, 3.63) is 44.4 Å².